The molecule has 0 atom stereocenters. The van der Waals surface area contributed by atoms with E-state index in [1.54, 1.807) is 0 Å². The van der Waals surface area contributed by atoms with Crippen LogP contribution in [0.25, 0.3) is 0 Å². The molecule has 0 aromatic heterocycles. The molecule has 0 spiro atoms. The van der Waals surface area contributed by atoms with Gasteiger partial charge < -0.3 is 0 Å². The Kier molecular flexibility index (Phi) is 5.92. The third-order valence-corrected chi connectivity index (χ3v) is 3.13. The van der Waals surface area contributed by atoms with Crippen LogP contribution in [0.1, 0.15) is 45.1 Å². The van der Waals surface area contributed by atoms with Crippen LogP contribution in [0.15, 0.2) is 42.5 Å². The van der Waals surface area contributed by atoms with Crippen LogP contribution in [-0.2, 0) is 6.42 Å². The molecule has 1 rings (SSSR count). The van der Waals surface area contributed by atoms with Crippen molar-refractivity contribution in [2.24, 2.45) is 5.92 Å². The summed E-state index contributed by atoms with van der Waals surface area (Å²) in [6.45, 7) is 8.81. The summed E-state index contributed by atoms with van der Waals surface area (Å²) in [6.07, 6.45) is 6.15. The zero-order valence-electron chi connectivity index (χ0n) is 10.7. The van der Waals surface area contributed by atoms with Crippen LogP contribution >= 0.6 is 0 Å². The molecule has 1 aromatic rings. The van der Waals surface area contributed by atoms with E-state index in [-0.39, 0.29) is 0 Å². The van der Waals surface area contributed by atoms with Crippen LogP contribution in [0.4, 0.5) is 0 Å². The Balaban J connectivity index is 2.55. The van der Waals surface area contributed by atoms with Gasteiger partial charge in [0.25, 0.3) is 0 Å². The fourth-order valence-electron chi connectivity index (χ4n) is 2.25. The number of hydrogen-bond acceptors (Lipinski definition) is 0. The number of hydrogen-bond donors (Lipinski definition) is 0. The van der Waals surface area contributed by atoms with E-state index in [2.05, 4.69) is 50.8 Å². The summed E-state index contributed by atoms with van der Waals surface area (Å²) < 4.78 is 0. The molecule has 0 saturated carbocycles. The largest absolute Gasteiger partial charge is 0.0992 e. The summed E-state index contributed by atoms with van der Waals surface area (Å²) >= 11 is 0. The van der Waals surface area contributed by atoms with E-state index in [0.717, 1.165) is 12.3 Å². The minimum absolute atomic E-state index is 0.718. The molecule has 0 heteroatoms. The average Bonchev–Trinajstić information content (AvgIpc) is 2.30. The van der Waals surface area contributed by atoms with E-state index in [0.29, 0.717) is 0 Å². The fourth-order valence-corrected chi connectivity index (χ4v) is 2.25. The predicted octanol–water partition coefficient (Wildman–Crippen LogP) is 5.00. The van der Waals surface area contributed by atoms with Gasteiger partial charge >= 0.3 is 0 Å². The molecule has 0 N–H and O–H groups in total. The summed E-state index contributed by atoms with van der Waals surface area (Å²) in [7, 11) is 0. The van der Waals surface area contributed by atoms with Crippen molar-refractivity contribution < 1.29 is 0 Å². The van der Waals surface area contributed by atoms with Gasteiger partial charge in [-0.25, -0.2) is 0 Å². The number of benzene rings is 1. The lowest BCUT2D eigenvalue weighted by Gasteiger charge is -2.18. The van der Waals surface area contributed by atoms with Crippen molar-refractivity contribution in [1.29, 1.82) is 0 Å². The minimum Gasteiger partial charge on any atom is -0.0992 e. The third-order valence-electron chi connectivity index (χ3n) is 3.13. The minimum atomic E-state index is 0.718. The Morgan fingerprint density at radius 2 is 1.62 bits per heavy atom. The first-order valence-corrected chi connectivity index (χ1v) is 6.49. The van der Waals surface area contributed by atoms with E-state index in [9.17, 15) is 0 Å². The number of allylic oxidation sites excluding steroid dienone is 1. The first kappa shape index (κ1) is 13.0. The fraction of sp³-hybridized carbons (Fsp3) is 0.500. The van der Waals surface area contributed by atoms with Crippen molar-refractivity contribution in [1.82, 2.24) is 0 Å². The van der Waals surface area contributed by atoms with Crippen molar-refractivity contribution >= 4 is 0 Å². The molecule has 0 nitrogen and oxygen atoms in total. The molecule has 0 aliphatic heterocycles. The molecule has 0 unspecified atom stereocenters. The lowest BCUT2D eigenvalue weighted by Crippen LogP contribution is -2.05. The summed E-state index contributed by atoms with van der Waals surface area (Å²) in [5.41, 5.74) is 2.81. The van der Waals surface area contributed by atoms with Crippen molar-refractivity contribution in [3.63, 3.8) is 0 Å². The third kappa shape index (κ3) is 4.22. The van der Waals surface area contributed by atoms with Gasteiger partial charge in [-0.2, -0.15) is 0 Å². The topological polar surface area (TPSA) is 0 Å². The Bertz CT molecular complexity index is 291. The smallest absolute Gasteiger partial charge is 0.00670 e. The highest BCUT2D eigenvalue weighted by Gasteiger charge is 2.10. The van der Waals surface area contributed by atoms with Crippen LogP contribution in [0.5, 0.6) is 0 Å². The van der Waals surface area contributed by atoms with E-state index < -0.39 is 0 Å². The van der Waals surface area contributed by atoms with E-state index in [4.69, 9.17) is 0 Å². The number of rotatable bonds is 7. The normalized spacial score (nSPS) is 10.7. The van der Waals surface area contributed by atoms with Gasteiger partial charge in [0.1, 0.15) is 0 Å². The van der Waals surface area contributed by atoms with E-state index in [1.165, 1.54) is 36.8 Å². The molecular weight excluding hydrogens is 192 g/mol. The van der Waals surface area contributed by atoms with E-state index >= 15 is 0 Å². The van der Waals surface area contributed by atoms with E-state index in [1.807, 2.05) is 0 Å². The highest BCUT2D eigenvalue weighted by atomic mass is 14.2. The molecule has 0 fully saturated rings. The quantitative estimate of drug-likeness (QED) is 0.562. The van der Waals surface area contributed by atoms with Crippen molar-refractivity contribution in [3.05, 3.63) is 48.0 Å². The van der Waals surface area contributed by atoms with Gasteiger partial charge in [0.2, 0.25) is 0 Å². The second kappa shape index (κ2) is 7.27. The maximum absolute atomic E-state index is 4.29. The maximum atomic E-state index is 4.29. The zero-order valence-corrected chi connectivity index (χ0v) is 10.7. The Hall–Kier alpha value is -1.04. The molecule has 0 heterocycles. The van der Waals surface area contributed by atoms with Crippen molar-refractivity contribution in [3.8, 4) is 0 Å². The van der Waals surface area contributed by atoms with Gasteiger partial charge in [-0.3, -0.25) is 0 Å². The molecule has 0 amide bonds. The van der Waals surface area contributed by atoms with Crippen LogP contribution in [0.3, 0.4) is 0 Å². The average molecular weight is 216 g/mol. The molecule has 1 aromatic carbocycles. The molecule has 16 heavy (non-hydrogen) atoms. The summed E-state index contributed by atoms with van der Waals surface area (Å²) in [5, 5.41) is 0. The lowest BCUT2D eigenvalue weighted by atomic mass is 9.87. The molecule has 0 radical (unpaired) electrons. The highest BCUT2D eigenvalue weighted by molar-refractivity contribution is 5.21. The van der Waals surface area contributed by atoms with Crippen molar-refractivity contribution in [2.75, 3.05) is 0 Å². The molecular formula is C16H24. The molecule has 0 saturated heterocycles. The zero-order chi connectivity index (χ0) is 11.8. The van der Waals surface area contributed by atoms with Gasteiger partial charge in [-0.05, 0) is 30.7 Å². The maximum Gasteiger partial charge on any atom is -0.00670 e. The van der Waals surface area contributed by atoms with Gasteiger partial charge in [0.15, 0.2) is 0 Å². The van der Waals surface area contributed by atoms with Gasteiger partial charge in [-0.1, -0.05) is 69.2 Å². The first-order valence-electron chi connectivity index (χ1n) is 6.49. The van der Waals surface area contributed by atoms with Crippen LogP contribution < -0.4 is 0 Å². The van der Waals surface area contributed by atoms with Crippen LogP contribution in [0, 0.1) is 5.92 Å². The molecule has 0 bridgehead atoms. The van der Waals surface area contributed by atoms with Crippen LogP contribution in [-0.4, -0.2) is 0 Å². The summed E-state index contributed by atoms with van der Waals surface area (Å²) in [5.74, 6) is 0.718. The standard InChI is InChI=1S/C16H24/c1-4-9-16(10-5-2)14(3)13-15-11-7-6-8-12-15/h6-8,11-12,16H,3-5,9-10,13H2,1-2H3. The lowest BCUT2D eigenvalue weighted by molar-refractivity contribution is 0.497. The van der Waals surface area contributed by atoms with Gasteiger partial charge in [-0.15, -0.1) is 0 Å². The predicted molar refractivity (Wildman–Crippen MR) is 72.6 cm³/mol. The van der Waals surface area contributed by atoms with Crippen molar-refractivity contribution in [2.45, 2.75) is 46.0 Å². The Morgan fingerprint density at radius 1 is 1.06 bits per heavy atom. The highest BCUT2D eigenvalue weighted by Crippen LogP contribution is 2.24. The van der Waals surface area contributed by atoms with Crippen LogP contribution in [0.2, 0.25) is 0 Å². The SMILES string of the molecule is C=C(Cc1ccccc1)C(CCC)CCC. The summed E-state index contributed by atoms with van der Waals surface area (Å²) in [6, 6.07) is 10.7. The second-order valence-electron chi connectivity index (χ2n) is 4.59. The summed E-state index contributed by atoms with van der Waals surface area (Å²) in [4.78, 5) is 0. The monoisotopic (exact) mass is 216 g/mol. The Labute approximate surface area is 100 Å². The molecule has 88 valence electrons. The second-order valence-corrected chi connectivity index (χ2v) is 4.59. The molecule has 0 aliphatic rings. The Morgan fingerprint density at radius 3 is 2.12 bits per heavy atom. The van der Waals surface area contributed by atoms with Gasteiger partial charge in [0.05, 0.1) is 0 Å². The van der Waals surface area contributed by atoms with Gasteiger partial charge in [0, 0.05) is 0 Å². The molecule has 0 aliphatic carbocycles. The first-order chi connectivity index (χ1) is 7.77.